The zero-order chi connectivity index (χ0) is 22.7. The van der Waals surface area contributed by atoms with Crippen LogP contribution in [0.2, 0.25) is 0 Å². The molecule has 0 unspecified atom stereocenters. The van der Waals surface area contributed by atoms with Crippen molar-refractivity contribution in [2.75, 3.05) is 34.5 Å². The minimum atomic E-state index is -0.195. The number of methoxy groups -OCH3 is 3. The highest BCUT2D eigenvalue weighted by Crippen LogP contribution is 2.42. The van der Waals surface area contributed by atoms with Gasteiger partial charge < -0.3 is 24.6 Å². The van der Waals surface area contributed by atoms with Gasteiger partial charge in [-0.15, -0.1) is 0 Å². The van der Waals surface area contributed by atoms with Gasteiger partial charge in [-0.3, -0.25) is 9.69 Å². The summed E-state index contributed by atoms with van der Waals surface area (Å²) in [6.07, 6.45) is 3.24. The number of ether oxygens (including phenoxy) is 3. The Morgan fingerprint density at radius 2 is 1.75 bits per heavy atom. The highest BCUT2D eigenvalue weighted by molar-refractivity contribution is 5.96. The number of aliphatic hydroxyl groups excluding tert-OH is 1. The number of carbonyl (C=O) groups is 1. The Hall–Kier alpha value is -2.77. The number of carbonyl (C=O) groups excluding carboxylic acids is 1. The number of benzene rings is 2. The number of fused-ring (bicyclic) bond motifs is 1. The van der Waals surface area contributed by atoms with Crippen molar-refractivity contribution in [1.29, 1.82) is 0 Å². The molecule has 7 nitrogen and oxygen atoms in total. The maximum Gasteiger partial charge on any atom is 0.251 e. The molecule has 0 bridgehead atoms. The molecule has 2 saturated heterocycles. The minimum absolute atomic E-state index is 0.00953. The highest BCUT2D eigenvalue weighted by Gasteiger charge is 2.50. The number of rotatable bonds is 7. The second kappa shape index (κ2) is 9.79. The van der Waals surface area contributed by atoms with E-state index in [1.807, 2.05) is 18.2 Å². The summed E-state index contributed by atoms with van der Waals surface area (Å²) in [5.41, 5.74) is 1.58. The molecule has 4 atom stereocenters. The first kappa shape index (κ1) is 22.4. The normalized spacial score (nSPS) is 25.1. The number of nitrogens with one attached hydrogen (secondary N) is 1. The molecule has 2 aliphatic heterocycles. The van der Waals surface area contributed by atoms with Gasteiger partial charge in [-0.25, -0.2) is 0 Å². The van der Waals surface area contributed by atoms with Gasteiger partial charge in [0, 0.05) is 23.6 Å². The van der Waals surface area contributed by atoms with Crippen LogP contribution in [0.1, 0.15) is 41.1 Å². The molecule has 0 aliphatic carbocycles. The van der Waals surface area contributed by atoms with Crippen molar-refractivity contribution in [3.8, 4) is 17.2 Å². The third-order valence-corrected chi connectivity index (χ3v) is 6.83. The molecule has 4 rings (SSSR count). The average Bonchev–Trinajstić information content (AvgIpc) is 3.16. The Balaban J connectivity index is 1.68. The second-order valence-electron chi connectivity index (χ2n) is 8.40. The van der Waals surface area contributed by atoms with Gasteiger partial charge in [0.05, 0.1) is 34.0 Å². The number of amides is 1. The topological polar surface area (TPSA) is 80.3 Å². The Morgan fingerprint density at radius 1 is 1.06 bits per heavy atom. The molecule has 2 fully saturated rings. The van der Waals surface area contributed by atoms with Gasteiger partial charge in [0.2, 0.25) is 5.75 Å². The minimum Gasteiger partial charge on any atom is -0.493 e. The fourth-order valence-electron chi connectivity index (χ4n) is 5.42. The van der Waals surface area contributed by atoms with Gasteiger partial charge in [-0.2, -0.15) is 0 Å². The van der Waals surface area contributed by atoms with Crippen LogP contribution >= 0.6 is 0 Å². The van der Waals surface area contributed by atoms with Crippen LogP contribution in [0.4, 0.5) is 0 Å². The molecular weight excluding hydrogens is 408 g/mol. The van der Waals surface area contributed by atoms with Crippen molar-refractivity contribution in [3.63, 3.8) is 0 Å². The first-order valence-electron chi connectivity index (χ1n) is 11.1. The molecule has 2 aliphatic rings. The number of aliphatic hydroxyl groups is 1. The molecule has 0 radical (unpaired) electrons. The fourth-order valence-corrected chi connectivity index (χ4v) is 5.42. The Morgan fingerprint density at radius 3 is 2.34 bits per heavy atom. The van der Waals surface area contributed by atoms with E-state index in [2.05, 4.69) is 22.3 Å². The van der Waals surface area contributed by atoms with E-state index < -0.39 is 0 Å². The van der Waals surface area contributed by atoms with Gasteiger partial charge in [-0.1, -0.05) is 36.8 Å². The Kier molecular flexibility index (Phi) is 6.86. The van der Waals surface area contributed by atoms with Crippen molar-refractivity contribution in [2.45, 2.75) is 43.3 Å². The summed E-state index contributed by atoms with van der Waals surface area (Å²) in [4.78, 5) is 15.8. The van der Waals surface area contributed by atoms with Crippen molar-refractivity contribution >= 4 is 5.91 Å². The number of nitrogens with zero attached hydrogens (tertiary/aromatic N) is 1. The maximum atomic E-state index is 13.4. The van der Waals surface area contributed by atoms with Crippen LogP contribution < -0.4 is 19.5 Å². The van der Waals surface area contributed by atoms with E-state index in [1.165, 1.54) is 21.3 Å². The number of hydrogen-bond acceptors (Lipinski definition) is 6. The van der Waals surface area contributed by atoms with Crippen molar-refractivity contribution in [3.05, 3.63) is 53.6 Å². The largest absolute Gasteiger partial charge is 0.493 e. The van der Waals surface area contributed by atoms with Crippen LogP contribution in [0, 0.1) is 0 Å². The lowest BCUT2D eigenvalue weighted by Gasteiger charge is -2.34. The summed E-state index contributed by atoms with van der Waals surface area (Å²) in [5.74, 6) is 1.15. The molecule has 7 heteroatoms. The molecule has 32 heavy (non-hydrogen) atoms. The first-order valence-corrected chi connectivity index (χ1v) is 11.1. The summed E-state index contributed by atoms with van der Waals surface area (Å²) in [5, 5.41) is 13.6. The number of piperidine rings is 1. The smallest absolute Gasteiger partial charge is 0.251 e. The predicted octanol–water partition coefficient (Wildman–Crippen LogP) is 2.82. The van der Waals surface area contributed by atoms with Crippen LogP contribution in [-0.4, -0.2) is 68.5 Å². The molecule has 2 N–H and O–H groups in total. The quantitative estimate of drug-likeness (QED) is 0.689. The molecule has 172 valence electrons. The van der Waals surface area contributed by atoms with E-state index in [9.17, 15) is 9.90 Å². The van der Waals surface area contributed by atoms with Gasteiger partial charge in [0.25, 0.3) is 5.91 Å². The average molecular weight is 441 g/mol. The summed E-state index contributed by atoms with van der Waals surface area (Å²) in [6, 6.07) is 13.6. The van der Waals surface area contributed by atoms with E-state index >= 15 is 0 Å². The summed E-state index contributed by atoms with van der Waals surface area (Å²) < 4.78 is 16.2. The lowest BCUT2D eigenvalue weighted by atomic mass is 9.85. The van der Waals surface area contributed by atoms with Crippen LogP contribution in [0.15, 0.2) is 42.5 Å². The third-order valence-electron chi connectivity index (χ3n) is 6.83. The van der Waals surface area contributed by atoms with Crippen LogP contribution in [-0.2, 0) is 0 Å². The van der Waals surface area contributed by atoms with Gasteiger partial charge in [-0.05, 0) is 37.1 Å². The van der Waals surface area contributed by atoms with Crippen molar-refractivity contribution < 1.29 is 24.1 Å². The molecular formula is C25H32N2O5. The first-order chi connectivity index (χ1) is 15.6. The molecule has 2 aromatic rings. The molecule has 2 aromatic carbocycles. The van der Waals surface area contributed by atoms with Crippen molar-refractivity contribution in [2.24, 2.45) is 0 Å². The van der Waals surface area contributed by atoms with Gasteiger partial charge >= 0.3 is 0 Å². The van der Waals surface area contributed by atoms with E-state index in [0.717, 1.165) is 31.4 Å². The van der Waals surface area contributed by atoms with Crippen LogP contribution in [0.5, 0.6) is 17.2 Å². The molecule has 0 aromatic heterocycles. The lowest BCUT2D eigenvalue weighted by molar-refractivity contribution is 0.0876. The van der Waals surface area contributed by atoms with Crippen molar-refractivity contribution in [1.82, 2.24) is 10.2 Å². The van der Waals surface area contributed by atoms with E-state index in [1.54, 1.807) is 12.1 Å². The zero-order valence-electron chi connectivity index (χ0n) is 18.9. The molecule has 2 heterocycles. The molecule has 0 spiro atoms. The third kappa shape index (κ3) is 4.02. The monoisotopic (exact) mass is 440 g/mol. The van der Waals surface area contributed by atoms with E-state index in [-0.39, 0.29) is 36.6 Å². The van der Waals surface area contributed by atoms with Gasteiger partial charge in [0.15, 0.2) is 11.5 Å². The predicted molar refractivity (Wildman–Crippen MR) is 122 cm³/mol. The SMILES string of the molecule is COc1cc(C(=O)N[C@@H]2[C@@H](c3ccccc3)[C@@H](CO)N3CCCC[C@H]23)cc(OC)c1OC. The van der Waals surface area contributed by atoms with Gasteiger partial charge in [0.1, 0.15) is 0 Å². The Bertz CT molecular complexity index is 910. The standard InChI is InChI=1S/C25H32N2O5/c1-30-20-13-17(14-21(31-2)24(20)32-3)25(29)26-23-18-11-7-8-12-27(18)19(15-28)22(23)16-9-5-4-6-10-16/h4-6,9-10,13-14,18-19,22-23,28H,7-8,11-12,15H2,1-3H3,(H,26,29)/t18-,19-,22+,23+/m1/s1. The maximum absolute atomic E-state index is 13.4. The Labute approximate surface area is 189 Å². The number of hydrogen-bond donors (Lipinski definition) is 2. The lowest BCUT2D eigenvalue weighted by Crippen LogP contribution is -2.48. The van der Waals surface area contributed by atoms with Crippen LogP contribution in [0.3, 0.4) is 0 Å². The molecule has 0 saturated carbocycles. The zero-order valence-corrected chi connectivity index (χ0v) is 18.9. The van der Waals surface area contributed by atoms with E-state index in [4.69, 9.17) is 14.2 Å². The van der Waals surface area contributed by atoms with E-state index in [0.29, 0.717) is 22.8 Å². The second-order valence-corrected chi connectivity index (χ2v) is 8.40. The van der Waals surface area contributed by atoms with Crippen LogP contribution in [0.25, 0.3) is 0 Å². The fraction of sp³-hybridized carbons (Fsp3) is 0.480. The summed E-state index contributed by atoms with van der Waals surface area (Å²) in [7, 11) is 4.61. The highest BCUT2D eigenvalue weighted by atomic mass is 16.5. The summed E-state index contributed by atoms with van der Waals surface area (Å²) in [6.45, 7) is 1.00. The summed E-state index contributed by atoms with van der Waals surface area (Å²) >= 11 is 0. The molecule has 1 amide bonds.